The van der Waals surface area contributed by atoms with E-state index in [1.807, 2.05) is 30.3 Å². The number of carbonyl (C=O) groups excluding carboxylic acids is 1. The maximum Gasteiger partial charge on any atom is 0.314 e. The molecule has 0 heterocycles. The van der Waals surface area contributed by atoms with Crippen LogP contribution in [0.5, 0.6) is 0 Å². The Morgan fingerprint density at radius 2 is 2.11 bits per heavy atom. The Labute approximate surface area is 115 Å². The lowest BCUT2D eigenvalue weighted by atomic mass is 9.83. The quantitative estimate of drug-likeness (QED) is 0.606. The average Bonchev–Trinajstić information content (AvgIpc) is 2.41. The molecule has 1 N–H and O–H groups in total. The highest BCUT2D eigenvalue weighted by atomic mass is 16.5. The molecule has 3 heteroatoms. The number of hydrogen-bond donors (Lipinski definition) is 1. The standard InChI is InChI=1S/C16H23NO2/c1-19-16(18)15(14-8-3-2-4-9-14)12-17-11-10-13-6-5-7-13/h2-4,8-9,13,15,17H,5-7,10-12H2,1H3. The molecule has 104 valence electrons. The molecule has 1 fully saturated rings. The van der Waals surface area contributed by atoms with Crippen molar-refractivity contribution in [2.75, 3.05) is 20.2 Å². The first-order valence-corrected chi connectivity index (χ1v) is 7.14. The molecule has 1 aliphatic carbocycles. The van der Waals surface area contributed by atoms with Crippen LogP contribution in [0, 0.1) is 5.92 Å². The van der Waals surface area contributed by atoms with Crippen molar-refractivity contribution in [3.8, 4) is 0 Å². The highest BCUT2D eigenvalue weighted by Gasteiger charge is 2.21. The normalized spacial score (nSPS) is 16.7. The van der Waals surface area contributed by atoms with Gasteiger partial charge in [0.1, 0.15) is 0 Å². The lowest BCUT2D eigenvalue weighted by Crippen LogP contribution is -2.30. The van der Waals surface area contributed by atoms with E-state index in [0.717, 1.165) is 18.0 Å². The molecule has 0 aliphatic heterocycles. The van der Waals surface area contributed by atoms with Crippen molar-refractivity contribution in [1.82, 2.24) is 5.32 Å². The zero-order chi connectivity index (χ0) is 13.5. The van der Waals surface area contributed by atoms with Crippen LogP contribution >= 0.6 is 0 Å². The van der Waals surface area contributed by atoms with Crippen LogP contribution in [0.4, 0.5) is 0 Å². The number of hydrogen-bond acceptors (Lipinski definition) is 3. The third kappa shape index (κ3) is 4.06. The van der Waals surface area contributed by atoms with Crippen molar-refractivity contribution >= 4 is 5.97 Å². The van der Waals surface area contributed by atoms with Crippen molar-refractivity contribution in [3.05, 3.63) is 35.9 Å². The van der Waals surface area contributed by atoms with E-state index in [4.69, 9.17) is 4.74 Å². The van der Waals surface area contributed by atoms with Crippen LogP contribution in [0.25, 0.3) is 0 Å². The first-order chi connectivity index (χ1) is 9.31. The van der Waals surface area contributed by atoms with Gasteiger partial charge in [0.2, 0.25) is 0 Å². The number of nitrogens with one attached hydrogen (secondary N) is 1. The van der Waals surface area contributed by atoms with Gasteiger partial charge >= 0.3 is 5.97 Å². The lowest BCUT2D eigenvalue weighted by molar-refractivity contribution is -0.142. The van der Waals surface area contributed by atoms with Crippen molar-refractivity contribution < 1.29 is 9.53 Å². The van der Waals surface area contributed by atoms with Gasteiger partial charge in [-0.2, -0.15) is 0 Å². The Balaban J connectivity index is 1.82. The second-order valence-corrected chi connectivity index (χ2v) is 5.28. The second-order valence-electron chi connectivity index (χ2n) is 5.28. The van der Waals surface area contributed by atoms with E-state index in [9.17, 15) is 4.79 Å². The maximum absolute atomic E-state index is 11.8. The Kier molecular flexibility index (Phi) is 5.40. The summed E-state index contributed by atoms with van der Waals surface area (Å²) in [5.74, 6) is 0.538. The molecule has 2 rings (SSSR count). The minimum Gasteiger partial charge on any atom is -0.469 e. The van der Waals surface area contributed by atoms with Gasteiger partial charge in [-0.05, 0) is 24.4 Å². The molecule has 3 nitrogen and oxygen atoms in total. The molecule has 0 spiro atoms. The van der Waals surface area contributed by atoms with Gasteiger partial charge in [-0.25, -0.2) is 0 Å². The minimum absolute atomic E-state index is 0.164. The topological polar surface area (TPSA) is 38.3 Å². The largest absolute Gasteiger partial charge is 0.469 e. The summed E-state index contributed by atoms with van der Waals surface area (Å²) >= 11 is 0. The second kappa shape index (κ2) is 7.29. The molecule has 0 bridgehead atoms. The van der Waals surface area contributed by atoms with Gasteiger partial charge in [-0.1, -0.05) is 49.6 Å². The van der Waals surface area contributed by atoms with Crippen LogP contribution in [0.15, 0.2) is 30.3 Å². The molecular weight excluding hydrogens is 238 g/mol. The van der Waals surface area contributed by atoms with E-state index in [1.165, 1.54) is 32.8 Å². The Hall–Kier alpha value is -1.35. The van der Waals surface area contributed by atoms with Crippen molar-refractivity contribution in [2.24, 2.45) is 5.92 Å². The summed E-state index contributed by atoms with van der Waals surface area (Å²) in [6.45, 7) is 1.65. The SMILES string of the molecule is COC(=O)C(CNCCC1CCC1)c1ccccc1. The fourth-order valence-electron chi connectivity index (χ4n) is 2.50. The summed E-state index contributed by atoms with van der Waals surface area (Å²) in [5.41, 5.74) is 1.02. The first-order valence-electron chi connectivity index (χ1n) is 7.14. The highest BCUT2D eigenvalue weighted by Crippen LogP contribution is 2.28. The smallest absolute Gasteiger partial charge is 0.314 e. The molecule has 1 aromatic rings. The van der Waals surface area contributed by atoms with Crippen LogP contribution in [-0.4, -0.2) is 26.2 Å². The third-order valence-electron chi connectivity index (χ3n) is 3.99. The number of ether oxygens (including phenoxy) is 1. The zero-order valence-corrected chi connectivity index (χ0v) is 11.6. The van der Waals surface area contributed by atoms with Crippen molar-refractivity contribution in [1.29, 1.82) is 0 Å². The molecular formula is C16H23NO2. The molecule has 1 saturated carbocycles. The van der Waals surface area contributed by atoms with Crippen LogP contribution in [0.1, 0.15) is 37.2 Å². The summed E-state index contributed by atoms with van der Waals surface area (Å²) < 4.78 is 4.90. The van der Waals surface area contributed by atoms with Crippen LogP contribution in [0.2, 0.25) is 0 Å². The van der Waals surface area contributed by atoms with E-state index in [-0.39, 0.29) is 11.9 Å². The van der Waals surface area contributed by atoms with E-state index in [2.05, 4.69) is 5.32 Å². The van der Waals surface area contributed by atoms with E-state index in [0.29, 0.717) is 6.54 Å². The van der Waals surface area contributed by atoms with Gasteiger partial charge < -0.3 is 10.1 Å². The van der Waals surface area contributed by atoms with Gasteiger partial charge in [-0.15, -0.1) is 0 Å². The molecule has 0 aromatic heterocycles. The fourth-order valence-corrected chi connectivity index (χ4v) is 2.50. The molecule has 19 heavy (non-hydrogen) atoms. The van der Waals surface area contributed by atoms with Crippen molar-refractivity contribution in [3.63, 3.8) is 0 Å². The van der Waals surface area contributed by atoms with Crippen LogP contribution in [0.3, 0.4) is 0 Å². The average molecular weight is 261 g/mol. The summed E-state index contributed by atoms with van der Waals surface area (Å²) in [7, 11) is 1.45. The third-order valence-corrected chi connectivity index (χ3v) is 3.99. The Morgan fingerprint density at radius 1 is 1.37 bits per heavy atom. The molecule has 0 saturated heterocycles. The Bertz CT molecular complexity index is 387. The monoisotopic (exact) mass is 261 g/mol. The molecule has 1 aliphatic rings. The summed E-state index contributed by atoms with van der Waals surface area (Å²) in [5, 5.41) is 3.40. The number of esters is 1. The van der Waals surface area contributed by atoms with E-state index >= 15 is 0 Å². The van der Waals surface area contributed by atoms with E-state index < -0.39 is 0 Å². The predicted molar refractivity (Wildman–Crippen MR) is 76.0 cm³/mol. The van der Waals surface area contributed by atoms with Gasteiger partial charge in [0.05, 0.1) is 13.0 Å². The van der Waals surface area contributed by atoms with Crippen LogP contribution < -0.4 is 5.32 Å². The van der Waals surface area contributed by atoms with Crippen molar-refractivity contribution in [2.45, 2.75) is 31.6 Å². The van der Waals surface area contributed by atoms with Gasteiger partial charge in [-0.3, -0.25) is 4.79 Å². The van der Waals surface area contributed by atoms with Gasteiger partial charge in [0, 0.05) is 6.54 Å². The molecule has 1 unspecified atom stereocenters. The fraction of sp³-hybridized carbons (Fsp3) is 0.562. The lowest BCUT2D eigenvalue weighted by Gasteiger charge is -2.25. The molecule has 0 amide bonds. The first kappa shape index (κ1) is 14.1. The molecule has 0 radical (unpaired) electrons. The number of methoxy groups -OCH3 is 1. The number of carbonyl (C=O) groups is 1. The summed E-state index contributed by atoms with van der Waals surface area (Å²) in [4.78, 5) is 11.8. The summed E-state index contributed by atoms with van der Waals surface area (Å²) in [6.07, 6.45) is 5.36. The predicted octanol–water partition coefficient (Wildman–Crippen LogP) is 2.72. The Morgan fingerprint density at radius 3 is 2.68 bits per heavy atom. The number of benzene rings is 1. The maximum atomic E-state index is 11.8. The highest BCUT2D eigenvalue weighted by molar-refractivity contribution is 5.78. The van der Waals surface area contributed by atoms with Gasteiger partial charge in [0.25, 0.3) is 0 Å². The molecule has 1 aromatic carbocycles. The number of rotatable bonds is 7. The van der Waals surface area contributed by atoms with Gasteiger partial charge in [0.15, 0.2) is 0 Å². The molecule has 1 atom stereocenters. The summed E-state index contributed by atoms with van der Waals surface area (Å²) in [6, 6.07) is 9.84. The van der Waals surface area contributed by atoms with Crippen LogP contribution in [-0.2, 0) is 9.53 Å². The van der Waals surface area contributed by atoms with E-state index in [1.54, 1.807) is 0 Å². The minimum atomic E-state index is -0.201. The zero-order valence-electron chi connectivity index (χ0n) is 11.6.